The summed E-state index contributed by atoms with van der Waals surface area (Å²) in [4.78, 5) is 10.1. The van der Waals surface area contributed by atoms with E-state index < -0.39 is 25.5 Å². The van der Waals surface area contributed by atoms with E-state index >= 15 is 0 Å². The van der Waals surface area contributed by atoms with Crippen molar-refractivity contribution in [1.29, 1.82) is 0 Å². The Hall–Kier alpha value is -3.11. The Morgan fingerprint density at radius 1 is 1.07 bits per heavy atom. The van der Waals surface area contributed by atoms with Crippen molar-refractivity contribution in [2.75, 3.05) is 7.05 Å². The van der Waals surface area contributed by atoms with Crippen LogP contribution in [-0.2, 0) is 22.0 Å². The monoisotopic (exact) mass is 430 g/mol. The van der Waals surface area contributed by atoms with Gasteiger partial charge in [-0.3, -0.25) is 10.1 Å². The average molecular weight is 430 g/mol. The molecule has 0 N–H and O–H groups in total. The standard InChI is InChI=1S/C20H22N4O5S/c1-20(2,3)15-11-9-14(10-12-15)19-22-21-18(29-19)13-23(4)30(27,28)17-8-6-5-7-16(17)24(25)26/h5-12H,13H2,1-4H3. The summed E-state index contributed by atoms with van der Waals surface area (Å²) < 4.78 is 32.2. The fourth-order valence-corrected chi connectivity index (χ4v) is 4.09. The van der Waals surface area contributed by atoms with Gasteiger partial charge in [-0.05, 0) is 29.2 Å². The van der Waals surface area contributed by atoms with Gasteiger partial charge in [0, 0.05) is 18.7 Å². The summed E-state index contributed by atoms with van der Waals surface area (Å²) in [6.07, 6.45) is 0. The maximum absolute atomic E-state index is 12.8. The van der Waals surface area contributed by atoms with Gasteiger partial charge in [-0.2, -0.15) is 4.31 Å². The summed E-state index contributed by atoms with van der Waals surface area (Å²) in [5.41, 5.74) is 1.39. The zero-order valence-electron chi connectivity index (χ0n) is 17.1. The maximum atomic E-state index is 12.8. The van der Waals surface area contributed by atoms with E-state index in [1.807, 2.05) is 24.3 Å². The smallest absolute Gasteiger partial charge is 0.289 e. The Morgan fingerprint density at radius 3 is 2.30 bits per heavy atom. The lowest BCUT2D eigenvalue weighted by Gasteiger charge is -2.18. The largest absolute Gasteiger partial charge is 0.419 e. The van der Waals surface area contributed by atoms with Crippen LogP contribution in [0.4, 0.5) is 5.69 Å². The number of sulfonamides is 1. The molecule has 0 aliphatic rings. The molecule has 0 saturated heterocycles. The number of nitrogens with zero attached hydrogens (tertiary/aromatic N) is 4. The van der Waals surface area contributed by atoms with Gasteiger partial charge >= 0.3 is 0 Å². The van der Waals surface area contributed by atoms with Gasteiger partial charge in [-0.25, -0.2) is 8.42 Å². The minimum absolute atomic E-state index is 0.00958. The van der Waals surface area contributed by atoms with Crippen LogP contribution in [0, 0.1) is 10.1 Å². The van der Waals surface area contributed by atoms with Crippen molar-refractivity contribution in [1.82, 2.24) is 14.5 Å². The summed E-state index contributed by atoms with van der Waals surface area (Å²) in [7, 11) is -2.83. The summed E-state index contributed by atoms with van der Waals surface area (Å²) in [6, 6.07) is 12.9. The average Bonchev–Trinajstić information content (AvgIpc) is 3.16. The molecule has 3 aromatic rings. The van der Waals surface area contributed by atoms with Gasteiger partial charge in [0.2, 0.25) is 21.8 Å². The van der Waals surface area contributed by atoms with Crippen molar-refractivity contribution in [2.24, 2.45) is 0 Å². The number of aromatic nitrogens is 2. The zero-order chi connectivity index (χ0) is 22.1. The molecular weight excluding hydrogens is 408 g/mol. The molecule has 0 spiro atoms. The van der Waals surface area contributed by atoms with E-state index in [1.165, 1.54) is 25.2 Å². The van der Waals surface area contributed by atoms with Crippen LogP contribution >= 0.6 is 0 Å². The van der Waals surface area contributed by atoms with Crippen molar-refractivity contribution in [3.05, 3.63) is 70.1 Å². The first kappa shape index (κ1) is 21.6. The molecule has 158 valence electrons. The zero-order valence-corrected chi connectivity index (χ0v) is 17.9. The van der Waals surface area contributed by atoms with E-state index in [0.717, 1.165) is 15.9 Å². The Balaban J connectivity index is 1.81. The van der Waals surface area contributed by atoms with Crippen LogP contribution < -0.4 is 0 Å². The molecule has 0 aliphatic heterocycles. The van der Waals surface area contributed by atoms with Crippen molar-refractivity contribution < 1.29 is 17.8 Å². The van der Waals surface area contributed by atoms with Crippen LogP contribution in [0.1, 0.15) is 32.2 Å². The number of para-hydroxylation sites is 1. The number of rotatable bonds is 6. The summed E-state index contributed by atoms with van der Waals surface area (Å²) >= 11 is 0. The van der Waals surface area contributed by atoms with Gasteiger partial charge in [0.05, 0.1) is 11.5 Å². The molecule has 0 atom stereocenters. The lowest BCUT2D eigenvalue weighted by atomic mass is 9.87. The van der Waals surface area contributed by atoms with Crippen molar-refractivity contribution >= 4 is 15.7 Å². The maximum Gasteiger partial charge on any atom is 0.289 e. The highest BCUT2D eigenvalue weighted by molar-refractivity contribution is 7.89. The Morgan fingerprint density at radius 2 is 1.70 bits per heavy atom. The van der Waals surface area contributed by atoms with Gasteiger partial charge < -0.3 is 4.42 Å². The molecule has 0 amide bonds. The number of benzene rings is 2. The van der Waals surface area contributed by atoms with Crippen LogP contribution in [0.15, 0.2) is 57.8 Å². The van der Waals surface area contributed by atoms with E-state index in [1.54, 1.807) is 0 Å². The molecule has 1 aromatic heterocycles. The fraction of sp³-hybridized carbons (Fsp3) is 0.300. The van der Waals surface area contributed by atoms with Crippen molar-refractivity contribution in [3.63, 3.8) is 0 Å². The Bertz CT molecular complexity index is 1160. The van der Waals surface area contributed by atoms with Crippen LogP contribution in [0.3, 0.4) is 0 Å². The number of nitro benzene ring substituents is 1. The molecular formula is C20H22N4O5S. The highest BCUT2D eigenvalue weighted by Gasteiger charge is 2.30. The van der Waals surface area contributed by atoms with Gasteiger partial charge in [0.25, 0.3) is 5.69 Å². The van der Waals surface area contributed by atoms with Crippen LogP contribution in [0.2, 0.25) is 0 Å². The minimum atomic E-state index is -4.13. The Kier molecular flexibility index (Phi) is 5.73. The molecule has 30 heavy (non-hydrogen) atoms. The van der Waals surface area contributed by atoms with E-state index in [0.29, 0.717) is 5.56 Å². The lowest BCUT2D eigenvalue weighted by molar-refractivity contribution is -0.387. The first-order valence-corrected chi connectivity index (χ1v) is 10.6. The molecule has 0 saturated carbocycles. The van der Waals surface area contributed by atoms with Crippen LogP contribution in [0.5, 0.6) is 0 Å². The van der Waals surface area contributed by atoms with Crippen LogP contribution in [0.25, 0.3) is 11.5 Å². The molecule has 0 aliphatic carbocycles. The van der Waals surface area contributed by atoms with E-state index in [-0.39, 0.29) is 23.7 Å². The van der Waals surface area contributed by atoms with E-state index in [9.17, 15) is 18.5 Å². The number of nitro groups is 1. The van der Waals surface area contributed by atoms with Crippen LogP contribution in [-0.4, -0.2) is 34.9 Å². The molecule has 10 heteroatoms. The first-order chi connectivity index (χ1) is 14.0. The second-order valence-electron chi connectivity index (χ2n) is 7.81. The minimum Gasteiger partial charge on any atom is -0.419 e. The van der Waals surface area contributed by atoms with Gasteiger partial charge in [-0.15, -0.1) is 10.2 Å². The van der Waals surface area contributed by atoms with Gasteiger partial charge in [-0.1, -0.05) is 45.0 Å². The SMILES string of the molecule is CN(Cc1nnc(-c2ccc(C(C)(C)C)cc2)o1)S(=O)(=O)c1ccccc1[N+](=O)[O-]. The summed E-state index contributed by atoms with van der Waals surface area (Å²) in [5, 5.41) is 19.1. The lowest BCUT2D eigenvalue weighted by Crippen LogP contribution is -2.27. The van der Waals surface area contributed by atoms with E-state index in [2.05, 4.69) is 31.0 Å². The predicted molar refractivity (Wildman–Crippen MR) is 110 cm³/mol. The first-order valence-electron chi connectivity index (χ1n) is 9.13. The molecule has 0 fully saturated rings. The molecule has 9 nitrogen and oxygen atoms in total. The highest BCUT2D eigenvalue weighted by atomic mass is 32.2. The van der Waals surface area contributed by atoms with E-state index in [4.69, 9.17) is 4.42 Å². The highest BCUT2D eigenvalue weighted by Crippen LogP contribution is 2.28. The molecule has 0 radical (unpaired) electrons. The summed E-state index contributed by atoms with van der Waals surface area (Å²) in [6.45, 7) is 6.11. The molecule has 0 bridgehead atoms. The third-order valence-corrected chi connectivity index (χ3v) is 6.42. The fourth-order valence-electron chi connectivity index (χ4n) is 2.82. The number of hydrogen-bond donors (Lipinski definition) is 0. The quantitative estimate of drug-likeness (QED) is 0.431. The Labute approximate surface area is 174 Å². The van der Waals surface area contributed by atoms with Crippen molar-refractivity contribution in [2.45, 2.75) is 37.6 Å². The predicted octanol–water partition coefficient (Wildman–Crippen LogP) is 3.76. The third-order valence-electron chi connectivity index (χ3n) is 4.57. The third kappa shape index (κ3) is 4.39. The molecule has 0 unspecified atom stereocenters. The van der Waals surface area contributed by atoms with Gasteiger partial charge in [0.15, 0.2) is 4.90 Å². The normalized spacial score (nSPS) is 12.3. The van der Waals surface area contributed by atoms with Gasteiger partial charge in [0.1, 0.15) is 0 Å². The molecule has 3 rings (SSSR count). The summed E-state index contributed by atoms with van der Waals surface area (Å²) in [5.74, 6) is 0.344. The van der Waals surface area contributed by atoms with Crippen molar-refractivity contribution in [3.8, 4) is 11.5 Å². The molecule has 1 heterocycles. The molecule has 2 aromatic carbocycles. The number of hydrogen-bond acceptors (Lipinski definition) is 7. The second-order valence-corrected chi connectivity index (χ2v) is 9.83. The topological polar surface area (TPSA) is 119 Å². The second kappa shape index (κ2) is 7.96.